The third kappa shape index (κ3) is 3.28. The van der Waals surface area contributed by atoms with Crippen molar-refractivity contribution in [3.8, 4) is 0 Å². The van der Waals surface area contributed by atoms with Gasteiger partial charge in [0.15, 0.2) is 0 Å². The zero-order chi connectivity index (χ0) is 12.3. The maximum absolute atomic E-state index is 11.9. The van der Waals surface area contributed by atoms with Crippen molar-refractivity contribution < 1.29 is 4.79 Å². The first kappa shape index (κ1) is 12.5. The molecule has 17 heavy (non-hydrogen) atoms. The maximum atomic E-state index is 11.9. The van der Waals surface area contributed by atoms with E-state index in [1.807, 2.05) is 18.4 Å². The van der Waals surface area contributed by atoms with E-state index < -0.39 is 0 Å². The predicted molar refractivity (Wildman–Crippen MR) is 71.6 cm³/mol. The zero-order valence-corrected chi connectivity index (χ0v) is 11.1. The number of anilines is 1. The lowest BCUT2D eigenvalue weighted by atomic mass is 10.1. The fourth-order valence-corrected chi connectivity index (χ4v) is 2.82. The first-order chi connectivity index (χ1) is 8.16. The van der Waals surface area contributed by atoms with Crippen LogP contribution in [0.1, 0.15) is 12.0 Å². The zero-order valence-electron chi connectivity index (χ0n) is 10.3. The molecule has 1 amide bonds. The van der Waals surface area contributed by atoms with E-state index in [2.05, 4.69) is 22.6 Å². The highest BCUT2D eigenvalue weighted by atomic mass is 32.1. The van der Waals surface area contributed by atoms with Gasteiger partial charge in [-0.2, -0.15) is 0 Å². The van der Waals surface area contributed by atoms with Crippen LogP contribution in [0.3, 0.4) is 0 Å². The highest BCUT2D eigenvalue weighted by molar-refractivity contribution is 7.14. The summed E-state index contributed by atoms with van der Waals surface area (Å²) >= 11 is 1.58. The van der Waals surface area contributed by atoms with Crippen molar-refractivity contribution in [2.45, 2.75) is 19.4 Å². The third-order valence-corrected chi connectivity index (χ3v) is 4.11. The van der Waals surface area contributed by atoms with Crippen LogP contribution in [-0.2, 0) is 4.79 Å². The van der Waals surface area contributed by atoms with E-state index in [-0.39, 0.29) is 5.91 Å². The second-order valence-corrected chi connectivity index (χ2v) is 5.44. The monoisotopic (exact) mass is 253 g/mol. The minimum Gasteiger partial charge on any atom is -0.317 e. The SMILES string of the molecule is Cc1ccsc1NC(=O)CC1CNCCN1C. The van der Waals surface area contributed by atoms with E-state index in [9.17, 15) is 4.79 Å². The van der Waals surface area contributed by atoms with E-state index in [1.165, 1.54) is 0 Å². The molecule has 0 aromatic carbocycles. The molecular formula is C12H19N3OS. The second kappa shape index (κ2) is 5.62. The molecule has 2 N–H and O–H groups in total. The lowest BCUT2D eigenvalue weighted by Gasteiger charge is -2.32. The Kier molecular flexibility index (Phi) is 4.15. The highest BCUT2D eigenvalue weighted by Gasteiger charge is 2.21. The van der Waals surface area contributed by atoms with Crippen molar-refractivity contribution in [1.82, 2.24) is 10.2 Å². The number of nitrogens with zero attached hydrogens (tertiary/aromatic N) is 1. The van der Waals surface area contributed by atoms with Gasteiger partial charge in [0.1, 0.15) is 0 Å². The highest BCUT2D eigenvalue weighted by Crippen LogP contribution is 2.22. The van der Waals surface area contributed by atoms with Crippen molar-refractivity contribution in [1.29, 1.82) is 0 Å². The van der Waals surface area contributed by atoms with E-state index in [0.717, 1.165) is 30.2 Å². The summed E-state index contributed by atoms with van der Waals surface area (Å²) in [5, 5.41) is 9.28. The van der Waals surface area contributed by atoms with Crippen molar-refractivity contribution in [2.24, 2.45) is 0 Å². The van der Waals surface area contributed by atoms with Gasteiger partial charge in [0.05, 0.1) is 5.00 Å². The minimum atomic E-state index is 0.107. The first-order valence-corrected chi connectivity index (χ1v) is 6.79. The molecule has 4 nitrogen and oxygen atoms in total. The Hall–Kier alpha value is -0.910. The number of carbonyl (C=O) groups excluding carboxylic acids is 1. The second-order valence-electron chi connectivity index (χ2n) is 4.52. The van der Waals surface area contributed by atoms with Crippen molar-refractivity contribution in [3.63, 3.8) is 0 Å². The first-order valence-electron chi connectivity index (χ1n) is 5.91. The summed E-state index contributed by atoms with van der Waals surface area (Å²) in [7, 11) is 2.08. The number of rotatable bonds is 3. The lowest BCUT2D eigenvalue weighted by Crippen LogP contribution is -2.50. The van der Waals surface area contributed by atoms with Gasteiger partial charge in [0.25, 0.3) is 0 Å². The van der Waals surface area contributed by atoms with Gasteiger partial charge in [-0.15, -0.1) is 11.3 Å². The molecule has 94 valence electrons. The molecule has 1 aliphatic rings. The van der Waals surface area contributed by atoms with Gasteiger partial charge in [-0.25, -0.2) is 0 Å². The van der Waals surface area contributed by atoms with Crippen LogP contribution in [0, 0.1) is 6.92 Å². The fraction of sp³-hybridized carbons (Fsp3) is 0.583. The third-order valence-electron chi connectivity index (χ3n) is 3.18. The molecule has 1 saturated heterocycles. The van der Waals surface area contributed by atoms with Crippen LogP contribution in [0.25, 0.3) is 0 Å². The molecule has 2 heterocycles. The number of amides is 1. The Bertz CT molecular complexity index is 391. The summed E-state index contributed by atoms with van der Waals surface area (Å²) in [4.78, 5) is 14.2. The van der Waals surface area contributed by atoms with Gasteiger partial charge < -0.3 is 15.5 Å². The van der Waals surface area contributed by atoms with Gasteiger partial charge >= 0.3 is 0 Å². The number of hydrogen-bond acceptors (Lipinski definition) is 4. The van der Waals surface area contributed by atoms with Crippen molar-refractivity contribution in [2.75, 3.05) is 32.0 Å². The molecule has 1 atom stereocenters. The van der Waals surface area contributed by atoms with Crippen LogP contribution in [0.15, 0.2) is 11.4 Å². The summed E-state index contributed by atoms with van der Waals surface area (Å²) < 4.78 is 0. The Balaban J connectivity index is 1.86. The van der Waals surface area contributed by atoms with Gasteiger partial charge in [-0.1, -0.05) is 0 Å². The van der Waals surface area contributed by atoms with E-state index in [1.54, 1.807) is 11.3 Å². The molecule has 2 rings (SSSR count). The maximum Gasteiger partial charge on any atom is 0.226 e. The van der Waals surface area contributed by atoms with Crippen LogP contribution in [0.4, 0.5) is 5.00 Å². The topological polar surface area (TPSA) is 44.4 Å². The average Bonchev–Trinajstić information content (AvgIpc) is 2.68. The van der Waals surface area contributed by atoms with E-state index in [0.29, 0.717) is 12.5 Å². The smallest absolute Gasteiger partial charge is 0.226 e. The lowest BCUT2D eigenvalue weighted by molar-refractivity contribution is -0.117. The minimum absolute atomic E-state index is 0.107. The van der Waals surface area contributed by atoms with E-state index >= 15 is 0 Å². The van der Waals surface area contributed by atoms with E-state index in [4.69, 9.17) is 0 Å². The summed E-state index contributed by atoms with van der Waals surface area (Å²) in [6.07, 6.45) is 0.556. The average molecular weight is 253 g/mol. The van der Waals surface area contributed by atoms with Gasteiger partial charge in [-0.3, -0.25) is 4.79 Å². The van der Waals surface area contributed by atoms with Crippen LogP contribution in [-0.4, -0.2) is 43.5 Å². The molecule has 5 heteroatoms. The fourth-order valence-electron chi connectivity index (χ4n) is 1.98. The molecule has 0 radical (unpaired) electrons. The summed E-state index contributed by atoms with van der Waals surface area (Å²) in [6.45, 7) is 4.93. The number of hydrogen-bond donors (Lipinski definition) is 2. The van der Waals surface area contributed by atoms with Crippen molar-refractivity contribution in [3.05, 3.63) is 17.0 Å². The number of nitrogens with one attached hydrogen (secondary N) is 2. The van der Waals surface area contributed by atoms with Crippen LogP contribution in [0.5, 0.6) is 0 Å². The number of thiophene rings is 1. The number of aryl methyl sites for hydroxylation is 1. The standard InChI is InChI=1S/C12H19N3OS/c1-9-3-6-17-12(9)14-11(16)7-10-8-13-4-5-15(10)2/h3,6,10,13H,4-5,7-8H2,1-2H3,(H,14,16). The van der Waals surface area contributed by atoms with Crippen LogP contribution < -0.4 is 10.6 Å². The molecule has 0 spiro atoms. The molecule has 0 bridgehead atoms. The molecular weight excluding hydrogens is 234 g/mol. The molecule has 0 aliphatic carbocycles. The van der Waals surface area contributed by atoms with Gasteiger partial charge in [0.2, 0.25) is 5.91 Å². The summed E-state index contributed by atoms with van der Waals surface area (Å²) in [5.41, 5.74) is 1.14. The Morgan fingerprint density at radius 3 is 3.18 bits per heavy atom. The van der Waals surface area contributed by atoms with Gasteiger partial charge in [-0.05, 0) is 31.0 Å². The van der Waals surface area contributed by atoms with Crippen molar-refractivity contribution >= 4 is 22.2 Å². The van der Waals surface area contributed by atoms with Crippen LogP contribution in [0.2, 0.25) is 0 Å². The number of carbonyl (C=O) groups is 1. The Labute approximate surface area is 106 Å². The summed E-state index contributed by atoms with van der Waals surface area (Å²) in [5.74, 6) is 0.107. The number of likely N-dealkylation sites (N-methyl/N-ethyl adjacent to an activating group) is 1. The molecule has 0 saturated carbocycles. The molecule has 1 aliphatic heterocycles. The largest absolute Gasteiger partial charge is 0.317 e. The summed E-state index contributed by atoms with van der Waals surface area (Å²) in [6, 6.07) is 2.33. The Morgan fingerprint density at radius 2 is 2.53 bits per heavy atom. The molecule has 1 aromatic rings. The normalized spacial score (nSPS) is 21.4. The molecule has 1 unspecified atom stereocenters. The van der Waals surface area contributed by atoms with Crippen LogP contribution >= 0.6 is 11.3 Å². The number of piperazine rings is 1. The Morgan fingerprint density at radius 1 is 1.71 bits per heavy atom. The molecule has 1 fully saturated rings. The predicted octanol–water partition coefficient (Wildman–Crippen LogP) is 1.29. The van der Waals surface area contributed by atoms with Gasteiger partial charge in [0, 0.05) is 32.1 Å². The molecule has 1 aromatic heterocycles. The quantitative estimate of drug-likeness (QED) is 0.853.